The zero-order chi connectivity index (χ0) is 18.5. The van der Waals surface area contributed by atoms with Gasteiger partial charge in [0.2, 0.25) is 5.91 Å². The van der Waals surface area contributed by atoms with Crippen LogP contribution in [0.4, 0.5) is 0 Å². The van der Waals surface area contributed by atoms with E-state index >= 15 is 0 Å². The van der Waals surface area contributed by atoms with Crippen molar-refractivity contribution in [3.05, 3.63) is 48.5 Å². The molecular formula is C21H29N5O. The monoisotopic (exact) mass is 367 g/mol. The van der Waals surface area contributed by atoms with Crippen LogP contribution in [0.3, 0.4) is 0 Å². The van der Waals surface area contributed by atoms with Gasteiger partial charge in [-0.05, 0) is 49.9 Å². The molecule has 0 saturated carbocycles. The standard InChI is InChI=1S/C21H29N5O/c27-20(6-14-26-13-4-10-23-26)25-12-3-8-21(18-25)7-2-11-24(17-21)16-19-5-1-9-22-15-19/h1,4-5,9-10,13,15H,2-3,6-8,11-12,14,16-18H2. The lowest BCUT2D eigenvalue weighted by molar-refractivity contribution is -0.136. The van der Waals surface area contributed by atoms with Crippen LogP contribution >= 0.6 is 0 Å². The molecule has 2 aromatic rings. The zero-order valence-electron chi connectivity index (χ0n) is 16.0. The molecule has 0 aromatic carbocycles. The molecule has 1 spiro atoms. The largest absolute Gasteiger partial charge is 0.342 e. The van der Waals surface area contributed by atoms with Gasteiger partial charge in [0.25, 0.3) is 0 Å². The Kier molecular flexibility index (Phi) is 5.53. The molecule has 1 atom stereocenters. The van der Waals surface area contributed by atoms with Crippen LogP contribution < -0.4 is 0 Å². The summed E-state index contributed by atoms with van der Waals surface area (Å²) in [7, 11) is 0. The van der Waals surface area contributed by atoms with E-state index in [1.54, 1.807) is 6.20 Å². The first-order valence-corrected chi connectivity index (χ1v) is 10.1. The lowest BCUT2D eigenvalue weighted by atomic mass is 9.73. The van der Waals surface area contributed by atoms with Crippen molar-refractivity contribution in [3.8, 4) is 0 Å². The summed E-state index contributed by atoms with van der Waals surface area (Å²) in [5.41, 5.74) is 1.54. The first-order chi connectivity index (χ1) is 13.2. The Hall–Kier alpha value is -2.21. The van der Waals surface area contributed by atoms with Crippen LogP contribution in [-0.4, -0.2) is 56.7 Å². The molecule has 4 heterocycles. The average Bonchev–Trinajstić information content (AvgIpc) is 3.21. The van der Waals surface area contributed by atoms with Gasteiger partial charge in [0.1, 0.15) is 0 Å². The molecule has 2 aromatic heterocycles. The van der Waals surface area contributed by atoms with Crippen LogP contribution in [0.2, 0.25) is 0 Å². The Morgan fingerprint density at radius 2 is 2.00 bits per heavy atom. The minimum Gasteiger partial charge on any atom is -0.342 e. The van der Waals surface area contributed by atoms with Gasteiger partial charge in [0.15, 0.2) is 0 Å². The molecule has 0 radical (unpaired) electrons. The van der Waals surface area contributed by atoms with Gasteiger partial charge in [-0.1, -0.05) is 6.07 Å². The fraction of sp³-hybridized carbons (Fsp3) is 0.571. The van der Waals surface area contributed by atoms with Gasteiger partial charge < -0.3 is 4.90 Å². The van der Waals surface area contributed by atoms with Crippen molar-refractivity contribution in [2.45, 2.75) is 45.2 Å². The number of pyridine rings is 1. The van der Waals surface area contributed by atoms with Crippen LogP contribution in [0.15, 0.2) is 43.0 Å². The van der Waals surface area contributed by atoms with E-state index in [9.17, 15) is 4.79 Å². The topological polar surface area (TPSA) is 54.3 Å². The van der Waals surface area contributed by atoms with E-state index in [0.29, 0.717) is 13.0 Å². The lowest BCUT2D eigenvalue weighted by Crippen LogP contribution is -2.53. The summed E-state index contributed by atoms with van der Waals surface area (Å²) in [5, 5.41) is 4.20. The second kappa shape index (κ2) is 8.21. The number of likely N-dealkylation sites (tertiary alicyclic amines) is 2. The van der Waals surface area contributed by atoms with E-state index < -0.39 is 0 Å². The molecule has 0 aliphatic carbocycles. The molecular weight excluding hydrogens is 338 g/mol. The van der Waals surface area contributed by atoms with E-state index in [4.69, 9.17) is 0 Å². The Morgan fingerprint density at radius 3 is 2.78 bits per heavy atom. The molecule has 6 heteroatoms. The summed E-state index contributed by atoms with van der Waals surface area (Å²) < 4.78 is 1.84. The predicted octanol–water partition coefficient (Wildman–Crippen LogP) is 2.57. The third-order valence-electron chi connectivity index (χ3n) is 6.00. The summed E-state index contributed by atoms with van der Waals surface area (Å²) in [5.74, 6) is 0.272. The number of piperidine rings is 2. The van der Waals surface area contributed by atoms with E-state index in [1.165, 1.54) is 24.8 Å². The van der Waals surface area contributed by atoms with Gasteiger partial charge in [-0.3, -0.25) is 19.4 Å². The van der Waals surface area contributed by atoms with E-state index in [2.05, 4.69) is 25.9 Å². The summed E-state index contributed by atoms with van der Waals surface area (Å²) in [6.07, 6.45) is 12.8. The molecule has 0 bridgehead atoms. The molecule has 2 aliphatic rings. The Balaban J connectivity index is 1.35. The number of aromatic nitrogens is 3. The van der Waals surface area contributed by atoms with Crippen molar-refractivity contribution in [2.24, 2.45) is 5.41 Å². The molecule has 144 valence electrons. The molecule has 0 N–H and O–H groups in total. The number of carbonyl (C=O) groups is 1. The fourth-order valence-electron chi connectivity index (χ4n) is 4.75. The molecule has 2 saturated heterocycles. The van der Waals surface area contributed by atoms with Crippen molar-refractivity contribution in [2.75, 3.05) is 26.2 Å². The smallest absolute Gasteiger partial charge is 0.224 e. The first kappa shape index (κ1) is 18.2. The summed E-state index contributed by atoms with van der Waals surface area (Å²) in [6.45, 7) is 5.68. The molecule has 6 nitrogen and oxygen atoms in total. The second-order valence-electron chi connectivity index (χ2n) is 8.11. The maximum Gasteiger partial charge on any atom is 0.224 e. The van der Waals surface area contributed by atoms with Crippen LogP contribution in [0, 0.1) is 5.41 Å². The van der Waals surface area contributed by atoms with Gasteiger partial charge in [-0.2, -0.15) is 5.10 Å². The van der Waals surface area contributed by atoms with Gasteiger partial charge in [-0.15, -0.1) is 0 Å². The molecule has 27 heavy (non-hydrogen) atoms. The van der Waals surface area contributed by atoms with Crippen LogP contribution in [0.5, 0.6) is 0 Å². The maximum absolute atomic E-state index is 12.8. The maximum atomic E-state index is 12.8. The number of amides is 1. The van der Waals surface area contributed by atoms with Crippen molar-refractivity contribution < 1.29 is 4.79 Å². The van der Waals surface area contributed by atoms with E-state index in [-0.39, 0.29) is 11.3 Å². The second-order valence-corrected chi connectivity index (χ2v) is 8.11. The SMILES string of the molecule is O=C(CCn1cccn1)N1CCCC2(CCCN(Cc3cccnc3)C2)C1. The van der Waals surface area contributed by atoms with Gasteiger partial charge in [0.05, 0.1) is 0 Å². The third-order valence-corrected chi connectivity index (χ3v) is 6.00. The highest BCUT2D eigenvalue weighted by Gasteiger charge is 2.40. The van der Waals surface area contributed by atoms with E-state index in [0.717, 1.165) is 39.1 Å². The van der Waals surface area contributed by atoms with Crippen molar-refractivity contribution in [1.29, 1.82) is 0 Å². The van der Waals surface area contributed by atoms with Crippen molar-refractivity contribution in [3.63, 3.8) is 0 Å². The van der Waals surface area contributed by atoms with Crippen LogP contribution in [0.1, 0.15) is 37.7 Å². The normalized spacial score (nSPS) is 23.6. The van der Waals surface area contributed by atoms with E-state index in [1.807, 2.05) is 35.4 Å². The van der Waals surface area contributed by atoms with Gasteiger partial charge in [-0.25, -0.2) is 0 Å². The quantitative estimate of drug-likeness (QED) is 0.815. The Labute approximate surface area is 161 Å². The highest BCUT2D eigenvalue weighted by molar-refractivity contribution is 5.76. The highest BCUT2D eigenvalue weighted by atomic mass is 16.2. The van der Waals surface area contributed by atoms with Crippen molar-refractivity contribution >= 4 is 5.91 Å². The number of carbonyl (C=O) groups excluding carboxylic acids is 1. The van der Waals surface area contributed by atoms with Crippen LogP contribution in [0.25, 0.3) is 0 Å². The van der Waals surface area contributed by atoms with Gasteiger partial charge in [0, 0.05) is 69.3 Å². The molecule has 2 aliphatic heterocycles. The van der Waals surface area contributed by atoms with Crippen LogP contribution in [-0.2, 0) is 17.9 Å². The number of nitrogens with zero attached hydrogens (tertiary/aromatic N) is 5. The summed E-state index contributed by atoms with van der Waals surface area (Å²) >= 11 is 0. The Morgan fingerprint density at radius 1 is 1.11 bits per heavy atom. The number of hydrogen-bond acceptors (Lipinski definition) is 4. The summed E-state index contributed by atoms with van der Waals surface area (Å²) in [4.78, 5) is 21.7. The molecule has 1 amide bonds. The highest BCUT2D eigenvalue weighted by Crippen LogP contribution is 2.39. The number of rotatable bonds is 5. The zero-order valence-corrected chi connectivity index (χ0v) is 16.0. The average molecular weight is 367 g/mol. The number of hydrogen-bond donors (Lipinski definition) is 0. The summed E-state index contributed by atoms with van der Waals surface area (Å²) in [6, 6.07) is 6.06. The molecule has 1 unspecified atom stereocenters. The van der Waals surface area contributed by atoms with Gasteiger partial charge >= 0.3 is 0 Å². The fourth-order valence-corrected chi connectivity index (χ4v) is 4.75. The number of aryl methyl sites for hydroxylation is 1. The molecule has 2 fully saturated rings. The third kappa shape index (κ3) is 4.56. The Bertz CT molecular complexity index is 728. The first-order valence-electron chi connectivity index (χ1n) is 10.1. The lowest BCUT2D eigenvalue weighted by Gasteiger charge is -2.48. The molecule has 4 rings (SSSR count). The van der Waals surface area contributed by atoms with Crippen molar-refractivity contribution in [1.82, 2.24) is 24.6 Å². The minimum absolute atomic E-state index is 0.264. The minimum atomic E-state index is 0.264. The predicted molar refractivity (Wildman–Crippen MR) is 104 cm³/mol.